The van der Waals surface area contributed by atoms with Crippen molar-refractivity contribution in [1.29, 1.82) is 0 Å². The second-order valence-electron chi connectivity index (χ2n) is 4.62. The van der Waals surface area contributed by atoms with Crippen molar-refractivity contribution in [3.63, 3.8) is 0 Å². The van der Waals surface area contributed by atoms with Gasteiger partial charge >= 0.3 is 6.16 Å². The fraction of sp³-hybridized carbons (Fsp3) is 0.462. The van der Waals surface area contributed by atoms with Crippen molar-refractivity contribution >= 4 is 17.8 Å². The van der Waals surface area contributed by atoms with Gasteiger partial charge < -0.3 is 15.1 Å². The summed E-state index contributed by atoms with van der Waals surface area (Å²) >= 11 is 5.81. The minimum Gasteiger partial charge on any atom is -0.448 e. The smallest absolute Gasteiger partial charge is 0.448 e. The van der Waals surface area contributed by atoms with E-state index in [0.717, 1.165) is 5.56 Å². The van der Waals surface area contributed by atoms with Crippen LogP contribution in [0.5, 0.6) is 0 Å². The molecule has 0 aromatic heterocycles. The monoisotopic (exact) mass is 285 g/mol. The number of nitrogens with zero attached hydrogens (tertiary/aromatic N) is 1. The van der Waals surface area contributed by atoms with Gasteiger partial charge in [0, 0.05) is 18.1 Å². The zero-order valence-corrected chi connectivity index (χ0v) is 11.1. The summed E-state index contributed by atoms with van der Waals surface area (Å²) in [7, 11) is 0. The van der Waals surface area contributed by atoms with Crippen molar-refractivity contribution in [1.82, 2.24) is 5.06 Å². The molecule has 0 spiro atoms. The molecular weight excluding hydrogens is 270 g/mol. The molecule has 6 heteroatoms. The van der Waals surface area contributed by atoms with Crippen LogP contribution in [-0.2, 0) is 4.84 Å². The van der Waals surface area contributed by atoms with Gasteiger partial charge in [-0.15, -0.1) is 5.06 Å². The van der Waals surface area contributed by atoms with Gasteiger partial charge in [-0.05, 0) is 36.5 Å². The quantitative estimate of drug-likeness (QED) is 0.893. The van der Waals surface area contributed by atoms with E-state index in [-0.39, 0.29) is 5.92 Å². The van der Waals surface area contributed by atoms with Crippen LogP contribution >= 0.6 is 11.6 Å². The molecule has 1 aromatic rings. The molecule has 1 heterocycles. The summed E-state index contributed by atoms with van der Waals surface area (Å²) in [6.07, 6.45) is -0.463. The molecule has 0 amide bonds. The van der Waals surface area contributed by atoms with Crippen LogP contribution in [0.15, 0.2) is 24.3 Å². The van der Waals surface area contributed by atoms with Crippen molar-refractivity contribution < 1.29 is 19.8 Å². The lowest BCUT2D eigenvalue weighted by atomic mass is 9.88. The third-order valence-electron chi connectivity index (χ3n) is 3.36. The Bertz CT molecular complexity index is 429. The van der Waals surface area contributed by atoms with Crippen LogP contribution in [0.25, 0.3) is 0 Å². The molecular formula is C13H16ClNO4. The summed E-state index contributed by atoms with van der Waals surface area (Å²) in [6.45, 7) is 1.00. The first-order chi connectivity index (χ1) is 9.06. The highest BCUT2D eigenvalue weighted by molar-refractivity contribution is 6.30. The van der Waals surface area contributed by atoms with Crippen molar-refractivity contribution in [3.05, 3.63) is 34.9 Å². The van der Waals surface area contributed by atoms with E-state index in [1.807, 2.05) is 12.1 Å². The fourth-order valence-corrected chi connectivity index (χ4v) is 2.45. The number of rotatable bonds is 3. The Morgan fingerprint density at radius 3 is 2.42 bits per heavy atom. The Morgan fingerprint density at radius 1 is 1.32 bits per heavy atom. The van der Waals surface area contributed by atoms with Gasteiger partial charge in [-0.25, -0.2) is 4.79 Å². The van der Waals surface area contributed by atoms with Crippen LogP contribution in [0, 0.1) is 5.92 Å². The van der Waals surface area contributed by atoms with Crippen molar-refractivity contribution in [3.8, 4) is 0 Å². The molecule has 1 aliphatic rings. The summed E-state index contributed by atoms with van der Waals surface area (Å²) in [4.78, 5) is 15.0. The standard InChI is InChI=1S/C13H16ClNO4/c14-11-3-1-9(2-4-11)12(16)10-5-7-15(8-6-10)19-13(17)18/h1-4,10,12,16H,5-8H2,(H,17,18). The zero-order chi connectivity index (χ0) is 13.8. The minimum absolute atomic E-state index is 0.106. The van der Waals surface area contributed by atoms with E-state index in [1.165, 1.54) is 5.06 Å². The summed E-state index contributed by atoms with van der Waals surface area (Å²) in [5, 5.41) is 20.9. The van der Waals surface area contributed by atoms with Gasteiger partial charge in [0.1, 0.15) is 0 Å². The summed E-state index contributed by atoms with van der Waals surface area (Å²) < 4.78 is 0. The Morgan fingerprint density at radius 2 is 1.89 bits per heavy atom. The van der Waals surface area contributed by atoms with E-state index < -0.39 is 12.3 Å². The topological polar surface area (TPSA) is 70.0 Å². The maximum Gasteiger partial charge on any atom is 0.525 e. The SMILES string of the molecule is O=C(O)ON1CCC(C(O)c2ccc(Cl)cc2)CC1. The maximum absolute atomic E-state index is 10.4. The number of hydrogen-bond donors (Lipinski definition) is 2. The number of carboxylic acid groups (broad SMARTS) is 1. The molecule has 0 bridgehead atoms. The molecule has 1 atom stereocenters. The van der Waals surface area contributed by atoms with Crippen LogP contribution in [0.1, 0.15) is 24.5 Å². The summed E-state index contributed by atoms with van der Waals surface area (Å²) in [6, 6.07) is 7.13. The average molecular weight is 286 g/mol. The number of aliphatic hydroxyl groups excluding tert-OH is 1. The lowest BCUT2D eigenvalue weighted by Crippen LogP contribution is -2.36. The number of benzene rings is 1. The molecule has 0 radical (unpaired) electrons. The molecule has 0 saturated carbocycles. The van der Waals surface area contributed by atoms with Crippen LogP contribution in [0.2, 0.25) is 5.02 Å². The van der Waals surface area contributed by atoms with Crippen LogP contribution < -0.4 is 0 Å². The number of hydroxylamine groups is 2. The van der Waals surface area contributed by atoms with Crippen LogP contribution in [-0.4, -0.2) is 34.5 Å². The number of piperidine rings is 1. The Kier molecular flexibility index (Phi) is 4.63. The zero-order valence-electron chi connectivity index (χ0n) is 10.3. The number of aliphatic hydroxyl groups is 1. The van der Waals surface area contributed by atoms with Crippen molar-refractivity contribution in [2.24, 2.45) is 5.92 Å². The number of carbonyl (C=O) groups is 1. The lowest BCUT2D eigenvalue weighted by molar-refractivity contribution is -0.141. The highest BCUT2D eigenvalue weighted by Gasteiger charge is 2.27. The fourth-order valence-electron chi connectivity index (χ4n) is 2.33. The molecule has 1 unspecified atom stereocenters. The highest BCUT2D eigenvalue weighted by Crippen LogP contribution is 2.31. The summed E-state index contributed by atoms with van der Waals surface area (Å²) in [5.74, 6) is 0.106. The largest absolute Gasteiger partial charge is 0.525 e. The Hall–Kier alpha value is -1.30. The summed E-state index contributed by atoms with van der Waals surface area (Å²) in [5.41, 5.74) is 0.835. The first-order valence-electron chi connectivity index (χ1n) is 6.15. The van der Waals surface area contributed by atoms with E-state index in [0.29, 0.717) is 31.0 Å². The predicted molar refractivity (Wildman–Crippen MR) is 69.8 cm³/mol. The molecule has 19 heavy (non-hydrogen) atoms. The van der Waals surface area contributed by atoms with E-state index in [4.69, 9.17) is 16.7 Å². The van der Waals surface area contributed by atoms with Crippen molar-refractivity contribution in [2.45, 2.75) is 18.9 Å². The van der Waals surface area contributed by atoms with Gasteiger partial charge in [0.15, 0.2) is 0 Å². The number of hydrogen-bond acceptors (Lipinski definition) is 4. The Balaban J connectivity index is 1.90. The molecule has 1 aliphatic heterocycles. The molecule has 1 saturated heterocycles. The van der Waals surface area contributed by atoms with Gasteiger partial charge in [-0.2, -0.15) is 0 Å². The van der Waals surface area contributed by atoms with E-state index in [2.05, 4.69) is 4.84 Å². The Labute approximate surface area is 116 Å². The molecule has 104 valence electrons. The molecule has 1 aromatic carbocycles. The van der Waals surface area contributed by atoms with E-state index in [9.17, 15) is 9.90 Å². The first-order valence-corrected chi connectivity index (χ1v) is 6.53. The molecule has 0 aliphatic carbocycles. The predicted octanol–water partition coefficient (Wildman–Crippen LogP) is 2.70. The van der Waals surface area contributed by atoms with Crippen LogP contribution in [0.3, 0.4) is 0 Å². The van der Waals surface area contributed by atoms with E-state index in [1.54, 1.807) is 12.1 Å². The normalized spacial score (nSPS) is 19.1. The van der Waals surface area contributed by atoms with E-state index >= 15 is 0 Å². The van der Waals surface area contributed by atoms with Gasteiger partial charge in [0.2, 0.25) is 0 Å². The first kappa shape index (κ1) is 14.1. The van der Waals surface area contributed by atoms with Gasteiger partial charge in [0.05, 0.1) is 6.10 Å². The minimum atomic E-state index is -1.29. The van der Waals surface area contributed by atoms with Gasteiger partial charge in [-0.3, -0.25) is 0 Å². The second-order valence-corrected chi connectivity index (χ2v) is 5.06. The molecule has 1 fully saturated rings. The number of halogens is 1. The van der Waals surface area contributed by atoms with Gasteiger partial charge in [0.25, 0.3) is 0 Å². The maximum atomic E-state index is 10.4. The third-order valence-corrected chi connectivity index (χ3v) is 3.62. The van der Waals surface area contributed by atoms with Gasteiger partial charge in [-0.1, -0.05) is 23.7 Å². The molecule has 5 nitrogen and oxygen atoms in total. The average Bonchev–Trinajstić information content (AvgIpc) is 2.39. The van der Waals surface area contributed by atoms with Crippen LogP contribution in [0.4, 0.5) is 4.79 Å². The second kappa shape index (κ2) is 6.23. The molecule has 2 N–H and O–H groups in total. The third kappa shape index (κ3) is 3.83. The highest BCUT2D eigenvalue weighted by atomic mass is 35.5. The lowest BCUT2D eigenvalue weighted by Gasteiger charge is -2.32. The van der Waals surface area contributed by atoms with Crippen molar-refractivity contribution in [2.75, 3.05) is 13.1 Å². The molecule has 2 rings (SSSR count).